The maximum atomic E-state index is 16.3. The molecule has 1 unspecified atom stereocenters. The Morgan fingerprint density at radius 2 is 1.90 bits per heavy atom. The van der Waals surface area contributed by atoms with Gasteiger partial charge in [0.05, 0.1) is 24.0 Å². The van der Waals surface area contributed by atoms with Crippen molar-refractivity contribution < 1.29 is 29.0 Å². The highest BCUT2D eigenvalue weighted by atomic mass is 16.7. The van der Waals surface area contributed by atoms with Gasteiger partial charge in [-0.15, -0.1) is 0 Å². The van der Waals surface area contributed by atoms with Gasteiger partial charge in [0, 0.05) is 61.3 Å². The van der Waals surface area contributed by atoms with E-state index >= 15 is 14.4 Å². The van der Waals surface area contributed by atoms with Crippen LogP contribution in [0.4, 0.5) is 0 Å². The van der Waals surface area contributed by atoms with E-state index in [0.29, 0.717) is 43.7 Å². The lowest BCUT2D eigenvalue weighted by atomic mass is 9.52. The van der Waals surface area contributed by atoms with Crippen LogP contribution in [-0.2, 0) is 20.7 Å². The zero-order chi connectivity index (χ0) is 54.9. The lowest BCUT2D eigenvalue weighted by molar-refractivity contribution is -0.175. The van der Waals surface area contributed by atoms with Crippen LogP contribution in [0, 0.1) is 35.0 Å². The van der Waals surface area contributed by atoms with E-state index in [9.17, 15) is 5.11 Å². The first kappa shape index (κ1) is 54.3. The van der Waals surface area contributed by atoms with Crippen molar-refractivity contribution in [1.29, 1.82) is 0 Å². The Hall–Kier alpha value is -5.32. The second-order valence-corrected chi connectivity index (χ2v) is 25.9. The number of carbonyl (C=O) groups is 3. The number of nitrogens with zero attached hydrogens (tertiary/aromatic N) is 1. The van der Waals surface area contributed by atoms with E-state index in [1.165, 1.54) is 16.7 Å². The first-order chi connectivity index (χ1) is 38.2. The number of dihydropyridines is 2. The number of epoxide rings is 1. The molecule has 424 valence electrons. The Kier molecular flexibility index (Phi) is 14.6. The number of nitrogens with one attached hydrogen (secondary N) is 7. The Labute approximate surface area is 467 Å². The standard InChI is InChI=1S/C64H87N9O6/c1-6-71-62-35-41-14-9-13-40-12-7-8-25-60(3,33-39-17-21-51(65)70-37-39)34-43-15-10-16-46-53(43)56(76)64(58(77)78-54(50(62)31-47(40)41)48-30-44(74)19-18-42(48)36-62)63(79-64,55(46)75)27-23-38(2)32-61(26-11-28-69-59(67-5)73-61)49-24-29-68-57-45(49)20-22-52(66-4)72-57/h9-10,14-17,21,23-24,35,37,40,42,44,47-48,50-52,54,66,68,70-72,74H,6-8,11-13,18-20,22,25-34,36,65H2,1-5H3,(H2,67,69,73)/b38-23+/t40-,42+,44-,47+,48+,50-,51?,52+,54+,60+,61+,62-,63+,64+/m1/s1. The lowest BCUT2D eigenvalue weighted by Crippen LogP contribution is -2.65. The number of aliphatic imine (C=N–C) groups is 1. The summed E-state index contributed by atoms with van der Waals surface area (Å²) in [6.07, 6.45) is 30.7. The summed E-state index contributed by atoms with van der Waals surface area (Å²) in [5, 5.41) is 36.8. The van der Waals surface area contributed by atoms with Crippen molar-refractivity contribution in [3.63, 3.8) is 0 Å². The molecule has 6 heterocycles. The molecule has 0 radical (unpaired) electrons. The molecule has 5 aliphatic carbocycles. The summed E-state index contributed by atoms with van der Waals surface area (Å²) < 4.78 is 14.1. The number of hydrogen-bond acceptors (Lipinski definition) is 13. The van der Waals surface area contributed by atoms with Crippen LogP contribution < -0.4 is 43.0 Å². The van der Waals surface area contributed by atoms with Gasteiger partial charge in [0.1, 0.15) is 11.9 Å². The van der Waals surface area contributed by atoms with Crippen molar-refractivity contribution in [2.75, 3.05) is 33.7 Å². The maximum Gasteiger partial charge on any atom is 0.350 e. The second kappa shape index (κ2) is 21.2. The van der Waals surface area contributed by atoms with Crippen molar-refractivity contribution in [3.8, 4) is 0 Å². The molecule has 12 rings (SSSR count). The van der Waals surface area contributed by atoms with Gasteiger partial charge in [0.15, 0.2) is 17.3 Å². The monoisotopic (exact) mass is 1080 g/mol. The number of aliphatic hydroxyl groups excluding tert-OH is 1. The molecule has 15 nitrogen and oxygen atoms in total. The normalized spacial score (nSPS) is 40.2. The summed E-state index contributed by atoms with van der Waals surface area (Å²) in [6, 6.07) is 5.65. The quantitative estimate of drug-likeness (QED) is 0.0496. The minimum Gasteiger partial charge on any atom is -0.459 e. The van der Waals surface area contributed by atoms with Gasteiger partial charge in [-0.3, -0.25) is 14.6 Å². The van der Waals surface area contributed by atoms with Crippen molar-refractivity contribution >= 4 is 23.5 Å². The Bertz CT molecular complexity index is 2880. The number of rotatable bonds is 10. The molecule has 11 aliphatic rings. The first-order valence-corrected chi connectivity index (χ1v) is 30.3. The van der Waals surface area contributed by atoms with Crippen LogP contribution in [0.15, 0.2) is 106 Å². The largest absolute Gasteiger partial charge is 0.459 e. The smallest absolute Gasteiger partial charge is 0.350 e. The highest BCUT2D eigenvalue weighted by molar-refractivity contribution is 6.33. The van der Waals surface area contributed by atoms with Gasteiger partial charge in [0.2, 0.25) is 5.78 Å². The molecular weight excluding hydrogens is 991 g/mol. The minimum absolute atomic E-state index is 0.0148. The summed E-state index contributed by atoms with van der Waals surface area (Å²) in [7, 11) is 3.79. The number of fused-ring (bicyclic) bond motifs is 2. The average molecular weight is 1080 g/mol. The molecule has 1 aromatic rings. The van der Waals surface area contributed by atoms with Crippen LogP contribution in [0.2, 0.25) is 0 Å². The number of aliphatic hydroxyl groups is 1. The number of guanidine groups is 1. The lowest BCUT2D eigenvalue weighted by Gasteiger charge is -2.58. The summed E-state index contributed by atoms with van der Waals surface area (Å²) >= 11 is 0. The topological polar surface area (TPSA) is 216 Å². The molecule has 1 spiro atoms. The number of benzene rings is 1. The average Bonchev–Trinajstić information content (AvgIpc) is 1.94. The molecule has 15 heteroatoms. The van der Waals surface area contributed by atoms with E-state index in [1.54, 1.807) is 13.1 Å². The van der Waals surface area contributed by atoms with Gasteiger partial charge in [0.25, 0.3) is 5.60 Å². The van der Waals surface area contributed by atoms with Crippen molar-refractivity contribution in [1.82, 2.24) is 37.2 Å². The molecule has 1 aromatic carbocycles. The molecule has 0 amide bonds. The third-order valence-corrected chi connectivity index (χ3v) is 20.9. The molecule has 0 aromatic heterocycles. The fourth-order valence-electron chi connectivity index (χ4n) is 17.1. The number of hydrogen-bond donors (Lipinski definition) is 9. The van der Waals surface area contributed by atoms with Gasteiger partial charge in [-0.05, 0) is 174 Å². The van der Waals surface area contributed by atoms with E-state index < -0.39 is 46.2 Å². The van der Waals surface area contributed by atoms with Crippen molar-refractivity contribution in [2.45, 2.75) is 183 Å². The summed E-state index contributed by atoms with van der Waals surface area (Å²) in [4.78, 5) is 53.1. The van der Waals surface area contributed by atoms with Gasteiger partial charge in [-0.1, -0.05) is 86.9 Å². The number of likely N-dealkylation sites (N-methyl/N-ethyl adjacent to an activating group) is 1. The van der Waals surface area contributed by atoms with Crippen LogP contribution in [0.25, 0.3) is 0 Å². The number of carbonyl (C=O) groups excluding carboxylic acids is 3. The number of ketones is 2. The Morgan fingerprint density at radius 3 is 2.71 bits per heavy atom. The van der Waals surface area contributed by atoms with Gasteiger partial charge in [-0.2, -0.15) is 0 Å². The highest BCUT2D eigenvalue weighted by Crippen LogP contribution is 2.62. The summed E-state index contributed by atoms with van der Waals surface area (Å²) in [5.74, 6) is 0.826. The van der Waals surface area contributed by atoms with E-state index in [0.717, 1.165) is 125 Å². The number of esters is 1. The first-order valence-electron chi connectivity index (χ1n) is 30.3. The number of allylic oxidation sites excluding steroid dienone is 5. The van der Waals surface area contributed by atoms with Crippen LogP contribution in [0.5, 0.6) is 0 Å². The van der Waals surface area contributed by atoms with E-state index in [1.807, 2.05) is 31.5 Å². The third-order valence-electron chi connectivity index (χ3n) is 20.9. The van der Waals surface area contributed by atoms with Gasteiger partial charge >= 0.3 is 5.97 Å². The molecule has 10 N–H and O–H groups in total. The number of nitrogens with two attached hydrogens (primary N) is 1. The Balaban J connectivity index is 0.963. The van der Waals surface area contributed by atoms with E-state index in [2.05, 4.69) is 99.4 Å². The third kappa shape index (κ3) is 9.48. The predicted molar refractivity (Wildman–Crippen MR) is 307 cm³/mol. The van der Waals surface area contributed by atoms with E-state index in [4.69, 9.17) is 15.2 Å². The molecule has 2 saturated heterocycles. The van der Waals surface area contributed by atoms with Crippen LogP contribution >= 0.6 is 0 Å². The summed E-state index contributed by atoms with van der Waals surface area (Å²) in [6.45, 7) is 8.74. The molecule has 4 bridgehead atoms. The number of Topliss-reactive ketones (excluding diaryl/α,β-unsaturated/α-hetero) is 2. The highest BCUT2D eigenvalue weighted by Gasteiger charge is 2.86. The second-order valence-electron chi connectivity index (χ2n) is 25.9. The van der Waals surface area contributed by atoms with Crippen molar-refractivity contribution in [3.05, 3.63) is 117 Å². The van der Waals surface area contributed by atoms with Crippen LogP contribution in [-0.4, -0.2) is 109 Å². The molecule has 14 atom stereocenters. The van der Waals surface area contributed by atoms with E-state index in [-0.39, 0.29) is 59.2 Å². The SMILES string of the molecule is CCN[C@]12C=C3C=CC[C@H]4CCCC[C@@](C)(CC5=CNC(N)C=C5)Cc5cccc6c5C(=O)[C@]5(O[C@@]5(C/C=C(\C)C[C@]5(C7=CCNC8=C7CC[C@@H](NC)N8)CCCNC(=NC)N5)C6=O)C(=O)O[C@@H]([C@H]5C[C@H](O)CC[C@H]5C1)[C@H]2C[C@H]34. The maximum absolute atomic E-state index is 16.3. The van der Waals surface area contributed by atoms with Gasteiger partial charge in [-0.25, -0.2) is 4.79 Å². The summed E-state index contributed by atoms with van der Waals surface area (Å²) in [5.41, 5.74) is 8.21. The fraction of sp³-hybridized carbons (Fsp3) is 0.625. The number of ether oxygens (including phenoxy) is 2. The van der Waals surface area contributed by atoms with Crippen LogP contribution in [0.1, 0.15) is 156 Å². The zero-order valence-corrected chi connectivity index (χ0v) is 47.4. The van der Waals surface area contributed by atoms with Gasteiger partial charge < -0.3 is 57.5 Å². The predicted octanol–water partition coefficient (Wildman–Crippen LogP) is 7.09. The van der Waals surface area contributed by atoms with Crippen molar-refractivity contribution in [2.24, 2.45) is 45.7 Å². The molecular formula is C64H87N9O6. The molecule has 4 fully saturated rings. The van der Waals surface area contributed by atoms with Crippen LogP contribution in [0.3, 0.4) is 0 Å². The molecule has 6 aliphatic heterocycles. The molecule has 79 heavy (non-hydrogen) atoms. The fourth-order valence-corrected chi connectivity index (χ4v) is 17.1. The molecule has 2 saturated carbocycles. The zero-order valence-electron chi connectivity index (χ0n) is 47.4. The minimum atomic E-state index is -2.20. The Morgan fingerprint density at radius 1 is 1.03 bits per heavy atom.